The zero-order valence-electron chi connectivity index (χ0n) is 10.8. The van der Waals surface area contributed by atoms with Crippen LogP contribution in [0.1, 0.15) is 11.1 Å². The molecule has 0 saturated carbocycles. The molecule has 0 aliphatic rings. The van der Waals surface area contributed by atoms with E-state index in [0.717, 1.165) is 0 Å². The van der Waals surface area contributed by atoms with Gasteiger partial charge in [-0.3, -0.25) is 0 Å². The fourth-order valence-corrected chi connectivity index (χ4v) is 2.46. The van der Waals surface area contributed by atoms with Crippen molar-refractivity contribution in [3.63, 3.8) is 0 Å². The van der Waals surface area contributed by atoms with Crippen LogP contribution in [-0.2, 0) is 0 Å². The molecule has 3 aromatic rings. The SMILES string of the molecule is Cc1ccc2cc(C)c(-c3ccccc3)cc2c1. The van der Waals surface area contributed by atoms with Crippen LogP contribution >= 0.6 is 0 Å². The van der Waals surface area contributed by atoms with Crippen LogP contribution in [-0.4, -0.2) is 0 Å². The smallest absolute Gasteiger partial charge is 0.0148 e. The molecule has 18 heavy (non-hydrogen) atoms. The minimum Gasteiger partial charge on any atom is -0.0622 e. The lowest BCUT2D eigenvalue weighted by molar-refractivity contribution is 1.46. The van der Waals surface area contributed by atoms with E-state index in [9.17, 15) is 0 Å². The van der Waals surface area contributed by atoms with E-state index in [4.69, 9.17) is 0 Å². The molecular formula is C18H16. The molecule has 0 saturated heterocycles. The van der Waals surface area contributed by atoms with Crippen LogP contribution in [0.3, 0.4) is 0 Å². The highest BCUT2D eigenvalue weighted by Crippen LogP contribution is 2.28. The molecular weight excluding hydrogens is 216 g/mol. The Hall–Kier alpha value is -2.08. The van der Waals surface area contributed by atoms with E-state index in [-0.39, 0.29) is 0 Å². The molecule has 3 aromatic carbocycles. The van der Waals surface area contributed by atoms with Gasteiger partial charge in [0.25, 0.3) is 0 Å². The van der Waals surface area contributed by atoms with Gasteiger partial charge in [0.2, 0.25) is 0 Å². The predicted octanol–water partition coefficient (Wildman–Crippen LogP) is 5.12. The Kier molecular flexibility index (Phi) is 2.64. The molecule has 0 N–H and O–H groups in total. The van der Waals surface area contributed by atoms with Crippen LogP contribution in [0.25, 0.3) is 21.9 Å². The van der Waals surface area contributed by atoms with Gasteiger partial charge in [0.15, 0.2) is 0 Å². The normalized spacial score (nSPS) is 10.8. The van der Waals surface area contributed by atoms with Crippen molar-refractivity contribution in [2.24, 2.45) is 0 Å². The number of fused-ring (bicyclic) bond motifs is 1. The van der Waals surface area contributed by atoms with Gasteiger partial charge in [-0.2, -0.15) is 0 Å². The average Bonchev–Trinajstić information content (AvgIpc) is 2.39. The van der Waals surface area contributed by atoms with Crippen LogP contribution in [0.15, 0.2) is 60.7 Å². The monoisotopic (exact) mass is 232 g/mol. The first-order chi connectivity index (χ1) is 8.74. The maximum absolute atomic E-state index is 2.30. The number of hydrogen-bond acceptors (Lipinski definition) is 0. The van der Waals surface area contributed by atoms with Crippen molar-refractivity contribution in [1.82, 2.24) is 0 Å². The van der Waals surface area contributed by atoms with Crippen molar-refractivity contribution in [1.29, 1.82) is 0 Å². The number of benzene rings is 3. The molecule has 0 spiro atoms. The quantitative estimate of drug-likeness (QED) is 0.546. The average molecular weight is 232 g/mol. The topological polar surface area (TPSA) is 0 Å². The maximum Gasteiger partial charge on any atom is -0.0148 e. The fourth-order valence-electron chi connectivity index (χ4n) is 2.46. The summed E-state index contributed by atoms with van der Waals surface area (Å²) in [6.45, 7) is 4.32. The Morgan fingerprint density at radius 1 is 0.667 bits per heavy atom. The lowest BCUT2D eigenvalue weighted by Gasteiger charge is -2.09. The summed E-state index contributed by atoms with van der Waals surface area (Å²) in [6, 6.07) is 21.8. The van der Waals surface area contributed by atoms with E-state index >= 15 is 0 Å². The minimum atomic E-state index is 1.29. The van der Waals surface area contributed by atoms with Gasteiger partial charge in [-0.05, 0) is 47.4 Å². The summed E-state index contributed by atoms with van der Waals surface area (Å²) in [5.74, 6) is 0. The van der Waals surface area contributed by atoms with Gasteiger partial charge in [0.1, 0.15) is 0 Å². The number of aryl methyl sites for hydroxylation is 2. The molecule has 0 aliphatic carbocycles. The van der Waals surface area contributed by atoms with Gasteiger partial charge < -0.3 is 0 Å². The standard InChI is InChI=1S/C18H16/c1-13-8-9-16-11-14(2)18(12-17(16)10-13)15-6-4-3-5-7-15/h3-12H,1-2H3. The Labute approximate surface area is 108 Å². The second-order valence-electron chi connectivity index (χ2n) is 4.88. The van der Waals surface area contributed by atoms with E-state index in [1.165, 1.54) is 33.0 Å². The highest BCUT2D eigenvalue weighted by molar-refractivity contribution is 5.89. The molecule has 0 unspecified atom stereocenters. The van der Waals surface area contributed by atoms with Crippen molar-refractivity contribution in [2.75, 3.05) is 0 Å². The molecule has 0 aromatic heterocycles. The summed E-state index contributed by atoms with van der Waals surface area (Å²) in [4.78, 5) is 0. The van der Waals surface area contributed by atoms with Gasteiger partial charge in [-0.1, -0.05) is 60.2 Å². The molecule has 0 heteroatoms. The van der Waals surface area contributed by atoms with Crippen molar-refractivity contribution in [3.8, 4) is 11.1 Å². The maximum atomic E-state index is 2.30. The number of hydrogen-bond donors (Lipinski definition) is 0. The third-order valence-corrected chi connectivity index (χ3v) is 3.42. The Balaban J connectivity index is 2.27. The predicted molar refractivity (Wildman–Crippen MR) is 78.9 cm³/mol. The summed E-state index contributed by atoms with van der Waals surface area (Å²) in [6.07, 6.45) is 0. The molecule has 0 atom stereocenters. The minimum absolute atomic E-state index is 1.29. The Bertz CT molecular complexity index is 694. The van der Waals surface area contributed by atoms with Crippen LogP contribution in [0, 0.1) is 13.8 Å². The summed E-state index contributed by atoms with van der Waals surface area (Å²) in [5, 5.41) is 2.64. The first kappa shape index (κ1) is 11.0. The second kappa shape index (κ2) is 4.30. The summed E-state index contributed by atoms with van der Waals surface area (Å²) in [7, 11) is 0. The molecule has 0 fully saturated rings. The highest BCUT2D eigenvalue weighted by Gasteiger charge is 2.03. The van der Waals surface area contributed by atoms with Crippen LogP contribution in [0.5, 0.6) is 0 Å². The van der Waals surface area contributed by atoms with Gasteiger partial charge in [0.05, 0.1) is 0 Å². The van der Waals surface area contributed by atoms with Crippen molar-refractivity contribution < 1.29 is 0 Å². The first-order valence-corrected chi connectivity index (χ1v) is 6.30. The molecule has 0 aliphatic heterocycles. The Morgan fingerprint density at radius 2 is 1.44 bits per heavy atom. The van der Waals surface area contributed by atoms with Crippen LogP contribution in [0.2, 0.25) is 0 Å². The molecule has 0 radical (unpaired) electrons. The summed E-state index contributed by atoms with van der Waals surface area (Å²) >= 11 is 0. The highest BCUT2D eigenvalue weighted by atomic mass is 14.1. The van der Waals surface area contributed by atoms with Gasteiger partial charge in [-0.25, -0.2) is 0 Å². The fraction of sp³-hybridized carbons (Fsp3) is 0.111. The summed E-state index contributed by atoms with van der Waals surface area (Å²) in [5.41, 5.74) is 5.26. The number of rotatable bonds is 1. The van der Waals surface area contributed by atoms with Crippen LogP contribution in [0.4, 0.5) is 0 Å². The van der Waals surface area contributed by atoms with Crippen LogP contribution < -0.4 is 0 Å². The van der Waals surface area contributed by atoms with E-state index in [2.05, 4.69) is 74.5 Å². The zero-order valence-corrected chi connectivity index (χ0v) is 10.8. The molecule has 88 valence electrons. The van der Waals surface area contributed by atoms with Gasteiger partial charge in [-0.15, -0.1) is 0 Å². The molecule has 3 rings (SSSR count). The third kappa shape index (κ3) is 1.91. The van der Waals surface area contributed by atoms with E-state index in [1.807, 2.05) is 0 Å². The third-order valence-electron chi connectivity index (χ3n) is 3.42. The van der Waals surface area contributed by atoms with Crippen molar-refractivity contribution in [2.45, 2.75) is 13.8 Å². The lowest BCUT2D eigenvalue weighted by atomic mass is 9.96. The largest absolute Gasteiger partial charge is 0.0622 e. The second-order valence-corrected chi connectivity index (χ2v) is 4.88. The molecule has 0 bridgehead atoms. The van der Waals surface area contributed by atoms with E-state index in [0.29, 0.717) is 0 Å². The van der Waals surface area contributed by atoms with E-state index < -0.39 is 0 Å². The summed E-state index contributed by atoms with van der Waals surface area (Å²) < 4.78 is 0. The van der Waals surface area contributed by atoms with Crippen molar-refractivity contribution in [3.05, 3.63) is 71.8 Å². The van der Waals surface area contributed by atoms with Gasteiger partial charge >= 0.3 is 0 Å². The Morgan fingerprint density at radius 3 is 2.22 bits per heavy atom. The lowest BCUT2D eigenvalue weighted by Crippen LogP contribution is -1.85. The molecule has 0 nitrogen and oxygen atoms in total. The molecule has 0 heterocycles. The molecule has 0 amide bonds. The van der Waals surface area contributed by atoms with Crippen molar-refractivity contribution >= 4 is 10.8 Å². The van der Waals surface area contributed by atoms with Gasteiger partial charge in [0, 0.05) is 0 Å². The van der Waals surface area contributed by atoms with E-state index in [1.54, 1.807) is 0 Å². The first-order valence-electron chi connectivity index (χ1n) is 6.30. The zero-order chi connectivity index (χ0) is 12.5.